The van der Waals surface area contributed by atoms with Crippen molar-refractivity contribution >= 4 is 22.0 Å². The fourth-order valence-corrected chi connectivity index (χ4v) is 0.928. The van der Waals surface area contributed by atoms with E-state index < -0.39 is 40.7 Å². The van der Waals surface area contributed by atoms with E-state index in [4.69, 9.17) is 9.66 Å². The monoisotopic (exact) mass is 211 g/mol. The molecule has 0 aliphatic carbocycles. The maximum Gasteiger partial charge on any atom is 0.322 e. The molecule has 0 atom stereocenters. The summed E-state index contributed by atoms with van der Waals surface area (Å²) in [5.41, 5.74) is 0. The van der Waals surface area contributed by atoms with Gasteiger partial charge in [0.1, 0.15) is 6.54 Å². The van der Waals surface area contributed by atoms with Crippen molar-refractivity contribution in [3.63, 3.8) is 0 Å². The lowest BCUT2D eigenvalue weighted by atomic mass is 10.4. The minimum absolute atomic E-state index is 0.452. The first-order valence-electron chi connectivity index (χ1n) is 3.25. The van der Waals surface area contributed by atoms with Gasteiger partial charge in [-0.2, -0.15) is 8.42 Å². The Morgan fingerprint density at radius 1 is 1.31 bits per heavy atom. The van der Waals surface area contributed by atoms with Crippen LogP contribution in [0.2, 0.25) is 0 Å². The van der Waals surface area contributed by atoms with Gasteiger partial charge in [-0.25, -0.2) is 0 Å². The number of carbonyl (C=O) groups excluding carboxylic acids is 1. The number of nitrogens with one attached hydrogen (secondary N) is 1. The summed E-state index contributed by atoms with van der Waals surface area (Å²) in [6.07, 6.45) is -0.452. The first-order chi connectivity index (χ1) is 5.81. The lowest BCUT2D eigenvalue weighted by Crippen LogP contribution is -2.30. The molecule has 0 radical (unpaired) electrons. The zero-order chi connectivity index (χ0) is 10.5. The highest BCUT2D eigenvalue weighted by Crippen LogP contribution is 1.87. The fraction of sp³-hybridized carbons (Fsp3) is 0.600. The molecule has 13 heavy (non-hydrogen) atoms. The molecule has 0 unspecified atom stereocenters. The van der Waals surface area contributed by atoms with Crippen LogP contribution in [0.25, 0.3) is 0 Å². The van der Waals surface area contributed by atoms with Crippen LogP contribution in [0.5, 0.6) is 0 Å². The number of rotatable bonds is 5. The van der Waals surface area contributed by atoms with Gasteiger partial charge in [0.2, 0.25) is 5.91 Å². The second kappa shape index (κ2) is 4.77. The van der Waals surface area contributed by atoms with Crippen LogP contribution in [-0.2, 0) is 19.7 Å². The first kappa shape index (κ1) is 11.8. The second-order valence-electron chi connectivity index (χ2n) is 2.21. The Labute approximate surface area is 74.5 Å². The van der Waals surface area contributed by atoms with Crippen molar-refractivity contribution in [3.05, 3.63) is 0 Å². The van der Waals surface area contributed by atoms with E-state index in [2.05, 4.69) is 0 Å². The highest BCUT2D eigenvalue weighted by molar-refractivity contribution is 7.85. The van der Waals surface area contributed by atoms with Gasteiger partial charge in [0.25, 0.3) is 10.1 Å². The van der Waals surface area contributed by atoms with Crippen LogP contribution in [0.4, 0.5) is 0 Å². The third-order valence-corrected chi connectivity index (χ3v) is 1.74. The van der Waals surface area contributed by atoms with E-state index in [9.17, 15) is 18.0 Å². The molecule has 0 bridgehead atoms. The highest BCUT2D eigenvalue weighted by atomic mass is 32.2. The summed E-state index contributed by atoms with van der Waals surface area (Å²) in [7, 11) is -4.17. The van der Waals surface area contributed by atoms with Crippen LogP contribution in [0, 0.1) is 0 Å². The summed E-state index contributed by atoms with van der Waals surface area (Å²) in [5.74, 6) is -2.67. The molecule has 7 nitrogen and oxygen atoms in total. The second-order valence-corrected chi connectivity index (χ2v) is 3.78. The van der Waals surface area contributed by atoms with Crippen LogP contribution >= 0.6 is 0 Å². The largest absolute Gasteiger partial charge is 0.480 e. The summed E-state index contributed by atoms with van der Waals surface area (Å²) < 4.78 is 28.5. The average molecular weight is 211 g/mol. The van der Waals surface area contributed by atoms with E-state index in [1.165, 1.54) is 0 Å². The summed E-state index contributed by atoms with van der Waals surface area (Å²) in [6.45, 7) is -0.565. The number of aliphatic carboxylic acids is 1. The quantitative estimate of drug-likeness (QED) is 0.474. The smallest absolute Gasteiger partial charge is 0.322 e. The maximum atomic E-state index is 10.6. The predicted molar refractivity (Wildman–Crippen MR) is 41.7 cm³/mol. The lowest BCUT2D eigenvalue weighted by Gasteiger charge is -1.99. The maximum absolute atomic E-state index is 10.6. The molecule has 76 valence electrons. The summed E-state index contributed by atoms with van der Waals surface area (Å²) >= 11 is 0. The van der Waals surface area contributed by atoms with Gasteiger partial charge in [0, 0.05) is 6.42 Å². The van der Waals surface area contributed by atoms with Crippen LogP contribution in [0.3, 0.4) is 0 Å². The van der Waals surface area contributed by atoms with E-state index >= 15 is 0 Å². The Morgan fingerprint density at radius 2 is 1.85 bits per heavy atom. The first-order valence-corrected chi connectivity index (χ1v) is 4.86. The molecule has 0 rings (SSSR count). The Balaban J connectivity index is 3.71. The van der Waals surface area contributed by atoms with Crippen LogP contribution in [0.1, 0.15) is 6.42 Å². The molecule has 0 spiro atoms. The van der Waals surface area contributed by atoms with Crippen molar-refractivity contribution in [2.45, 2.75) is 6.42 Å². The van der Waals surface area contributed by atoms with Crippen molar-refractivity contribution in [2.24, 2.45) is 0 Å². The zero-order valence-electron chi connectivity index (χ0n) is 6.56. The lowest BCUT2D eigenvalue weighted by molar-refractivity contribution is -0.137. The highest BCUT2D eigenvalue weighted by Gasteiger charge is 2.09. The third kappa shape index (κ3) is 8.76. The molecule has 0 aromatic rings. The van der Waals surface area contributed by atoms with Gasteiger partial charge in [0.05, 0.1) is 5.75 Å². The van der Waals surface area contributed by atoms with Crippen molar-refractivity contribution in [2.75, 3.05) is 12.3 Å². The van der Waals surface area contributed by atoms with E-state index in [0.29, 0.717) is 0 Å². The molecule has 0 saturated carbocycles. The van der Waals surface area contributed by atoms with Crippen molar-refractivity contribution in [3.8, 4) is 0 Å². The van der Waals surface area contributed by atoms with Gasteiger partial charge < -0.3 is 10.4 Å². The fourth-order valence-electron chi connectivity index (χ4n) is 0.484. The van der Waals surface area contributed by atoms with E-state index in [0.717, 1.165) is 0 Å². The normalized spacial score (nSPS) is 10.8. The van der Waals surface area contributed by atoms with Gasteiger partial charge in [-0.1, -0.05) is 0 Å². The Hall–Kier alpha value is -1.15. The molecule has 0 aliphatic rings. The molecule has 0 aromatic heterocycles. The van der Waals surface area contributed by atoms with Gasteiger partial charge in [0.15, 0.2) is 0 Å². The van der Waals surface area contributed by atoms with Crippen LogP contribution in [0.15, 0.2) is 0 Å². The number of amides is 1. The molecule has 0 aromatic carbocycles. The Bertz CT molecular complexity index is 294. The number of carboxylic acids is 1. The van der Waals surface area contributed by atoms with Crippen molar-refractivity contribution in [1.29, 1.82) is 0 Å². The Kier molecular flexibility index (Phi) is 4.35. The van der Waals surface area contributed by atoms with E-state index in [1.54, 1.807) is 0 Å². The SMILES string of the molecule is O=C(O)CNC(=O)CCS(=O)(=O)O. The summed E-state index contributed by atoms with van der Waals surface area (Å²) in [4.78, 5) is 20.6. The minimum Gasteiger partial charge on any atom is -0.480 e. The van der Waals surface area contributed by atoms with Crippen LogP contribution < -0.4 is 5.32 Å². The van der Waals surface area contributed by atoms with E-state index in [-0.39, 0.29) is 0 Å². The molecule has 8 heteroatoms. The number of hydrogen-bond acceptors (Lipinski definition) is 4. The average Bonchev–Trinajstić information content (AvgIpc) is 1.95. The standard InChI is InChI=1S/C5H9NO6S/c7-4(6-3-5(8)9)1-2-13(10,11)12/h1-3H2,(H,6,7)(H,8,9)(H,10,11,12). The third-order valence-electron chi connectivity index (χ3n) is 1.02. The number of hydrogen-bond donors (Lipinski definition) is 3. The van der Waals surface area contributed by atoms with Crippen LogP contribution in [-0.4, -0.2) is 42.3 Å². The molecule has 1 amide bonds. The summed E-state index contributed by atoms with van der Waals surface area (Å²) in [5, 5.41) is 10.0. The number of carboxylic acid groups (broad SMARTS) is 1. The predicted octanol–water partition coefficient (Wildman–Crippen LogP) is -1.53. The molecule has 0 aliphatic heterocycles. The zero-order valence-corrected chi connectivity index (χ0v) is 7.37. The van der Waals surface area contributed by atoms with Gasteiger partial charge >= 0.3 is 5.97 Å². The van der Waals surface area contributed by atoms with Gasteiger partial charge in [-0.3, -0.25) is 14.1 Å². The summed E-state index contributed by atoms with van der Waals surface area (Å²) in [6, 6.07) is 0. The molecule has 3 N–H and O–H groups in total. The molecular weight excluding hydrogens is 202 g/mol. The van der Waals surface area contributed by atoms with Crippen molar-refractivity contribution < 1.29 is 27.7 Å². The topological polar surface area (TPSA) is 121 Å². The van der Waals surface area contributed by atoms with E-state index in [1.807, 2.05) is 5.32 Å². The number of carbonyl (C=O) groups is 2. The molecular formula is C5H9NO6S. The minimum atomic E-state index is -4.17. The molecule has 0 fully saturated rings. The Morgan fingerprint density at radius 3 is 2.23 bits per heavy atom. The molecule has 0 heterocycles. The van der Waals surface area contributed by atoms with Crippen molar-refractivity contribution in [1.82, 2.24) is 5.32 Å². The van der Waals surface area contributed by atoms with Gasteiger partial charge in [-0.15, -0.1) is 0 Å². The molecule has 0 saturated heterocycles. The van der Waals surface area contributed by atoms with Gasteiger partial charge in [-0.05, 0) is 0 Å².